The van der Waals surface area contributed by atoms with Crippen LogP contribution < -0.4 is 10.4 Å². The molecule has 0 aromatic heterocycles. The van der Waals surface area contributed by atoms with Gasteiger partial charge in [0.2, 0.25) is 0 Å². The smallest absolute Gasteiger partial charge is 0.261 e. The molecule has 5 atom stereocenters. The molecule has 0 bridgehead atoms. The largest absolute Gasteiger partial charge is 0.405 e. The van der Waals surface area contributed by atoms with E-state index >= 15 is 0 Å². The van der Waals surface area contributed by atoms with Gasteiger partial charge in [0, 0.05) is 0 Å². The highest BCUT2D eigenvalue weighted by Crippen LogP contribution is 2.38. The molecule has 7 heteroatoms. The van der Waals surface area contributed by atoms with Gasteiger partial charge in [0.05, 0.1) is 33.0 Å². The van der Waals surface area contributed by atoms with Crippen LogP contribution in [0.4, 0.5) is 0 Å². The van der Waals surface area contributed by atoms with Crippen molar-refractivity contribution >= 4 is 18.7 Å². The molecular formula is C48H56O6Si. The van der Waals surface area contributed by atoms with Crippen LogP contribution in [-0.4, -0.2) is 52.2 Å². The van der Waals surface area contributed by atoms with Crippen LogP contribution in [0.25, 0.3) is 0 Å². The molecule has 0 N–H and O–H groups in total. The average Bonchev–Trinajstić information content (AvgIpc) is 3.22. The Kier molecular flexibility index (Phi) is 14.8. The van der Waals surface area contributed by atoms with E-state index in [2.05, 4.69) is 124 Å². The Bertz CT molecular complexity index is 1780. The van der Waals surface area contributed by atoms with Crippen molar-refractivity contribution in [3.05, 3.63) is 181 Å². The lowest BCUT2D eigenvalue weighted by molar-refractivity contribution is -0.326. The van der Waals surface area contributed by atoms with E-state index in [0.29, 0.717) is 26.4 Å². The molecule has 5 aromatic rings. The van der Waals surface area contributed by atoms with Crippen molar-refractivity contribution in [3.63, 3.8) is 0 Å². The maximum Gasteiger partial charge on any atom is 0.261 e. The van der Waals surface area contributed by atoms with Gasteiger partial charge in [0.1, 0.15) is 24.4 Å². The van der Waals surface area contributed by atoms with Gasteiger partial charge < -0.3 is 28.1 Å². The van der Waals surface area contributed by atoms with Gasteiger partial charge in [-0.1, -0.05) is 179 Å². The quantitative estimate of drug-likeness (QED) is 0.0477. The zero-order valence-electron chi connectivity index (χ0n) is 32.5. The molecule has 5 aromatic carbocycles. The highest BCUT2D eigenvalue weighted by molar-refractivity contribution is 6.99. The van der Waals surface area contributed by atoms with Gasteiger partial charge in [-0.3, -0.25) is 0 Å². The van der Waals surface area contributed by atoms with Crippen LogP contribution in [0, 0.1) is 0 Å². The van der Waals surface area contributed by atoms with Crippen LogP contribution in [0.1, 0.15) is 50.3 Å². The van der Waals surface area contributed by atoms with E-state index in [1.54, 1.807) is 0 Å². The number of hydrogen-bond acceptors (Lipinski definition) is 6. The first-order valence-corrected chi connectivity index (χ1v) is 21.4. The topological polar surface area (TPSA) is 55.4 Å². The van der Waals surface area contributed by atoms with Gasteiger partial charge in [-0.25, -0.2) is 0 Å². The molecule has 0 radical (unpaired) electrons. The highest BCUT2D eigenvalue weighted by atomic mass is 28.4. The summed E-state index contributed by atoms with van der Waals surface area (Å²) in [5, 5.41) is 2.17. The van der Waals surface area contributed by atoms with Gasteiger partial charge >= 0.3 is 0 Å². The van der Waals surface area contributed by atoms with E-state index in [-0.39, 0.29) is 11.6 Å². The van der Waals surface area contributed by atoms with Crippen molar-refractivity contribution < 1.29 is 28.1 Å². The molecule has 1 saturated heterocycles. The lowest BCUT2D eigenvalue weighted by Gasteiger charge is -2.48. The standard InChI is InChI=1S/C48H56O6Si/c1-5-6-22-33-49-47-46(52-36-40-27-16-9-17-28-40)45(51-35-39-25-14-8-15-26-39)44(50-34-38-23-12-7-13-24-38)43(54-47)37-53-55(48(2,3)4,41-29-18-10-19-30-41)42-31-20-11-21-32-42/h5,7-21,23-32,43-47H,1,6,22,33-37H2,2-4H3/t43-,44-,45+,46+,47+/m1/s1. The maximum absolute atomic E-state index is 7.52. The van der Waals surface area contributed by atoms with E-state index in [4.69, 9.17) is 28.1 Å². The second-order valence-electron chi connectivity index (χ2n) is 15.1. The van der Waals surface area contributed by atoms with E-state index in [1.165, 1.54) is 10.4 Å². The Morgan fingerprint density at radius 2 is 0.982 bits per heavy atom. The molecule has 1 aliphatic rings. The first-order valence-electron chi connectivity index (χ1n) is 19.5. The van der Waals surface area contributed by atoms with Crippen molar-refractivity contribution in [1.82, 2.24) is 0 Å². The number of unbranched alkanes of at least 4 members (excludes halogenated alkanes) is 1. The summed E-state index contributed by atoms with van der Waals surface area (Å²) in [6, 6.07) is 52.0. The van der Waals surface area contributed by atoms with Crippen LogP contribution in [0.2, 0.25) is 5.04 Å². The van der Waals surface area contributed by atoms with Gasteiger partial charge in [-0.15, -0.1) is 6.58 Å². The second-order valence-corrected chi connectivity index (χ2v) is 19.4. The van der Waals surface area contributed by atoms with Crippen LogP contribution >= 0.6 is 0 Å². The van der Waals surface area contributed by atoms with Crippen molar-refractivity contribution in [1.29, 1.82) is 0 Å². The molecule has 0 saturated carbocycles. The number of hydrogen-bond donors (Lipinski definition) is 0. The van der Waals surface area contributed by atoms with Gasteiger partial charge in [-0.2, -0.15) is 0 Å². The third-order valence-corrected chi connectivity index (χ3v) is 15.2. The van der Waals surface area contributed by atoms with E-state index in [9.17, 15) is 0 Å². The molecule has 6 nitrogen and oxygen atoms in total. The van der Waals surface area contributed by atoms with Crippen LogP contribution in [0.3, 0.4) is 0 Å². The lowest BCUT2D eigenvalue weighted by atomic mass is 9.98. The summed E-state index contributed by atoms with van der Waals surface area (Å²) >= 11 is 0. The summed E-state index contributed by atoms with van der Waals surface area (Å²) in [5.74, 6) is 0. The zero-order chi connectivity index (χ0) is 38.4. The molecule has 0 spiro atoms. The van der Waals surface area contributed by atoms with Crippen molar-refractivity contribution in [2.75, 3.05) is 13.2 Å². The molecule has 288 valence electrons. The van der Waals surface area contributed by atoms with Crippen molar-refractivity contribution in [2.45, 2.75) is 89.2 Å². The van der Waals surface area contributed by atoms with Gasteiger partial charge in [0.25, 0.3) is 8.32 Å². The normalized spacial score (nSPS) is 20.2. The lowest BCUT2D eigenvalue weighted by Crippen LogP contribution is -2.68. The Morgan fingerprint density at radius 3 is 1.42 bits per heavy atom. The predicted octanol–water partition coefficient (Wildman–Crippen LogP) is 9.03. The van der Waals surface area contributed by atoms with E-state index in [1.807, 2.05) is 60.7 Å². The fourth-order valence-electron chi connectivity index (χ4n) is 7.41. The number of allylic oxidation sites excluding steroid dienone is 1. The van der Waals surface area contributed by atoms with Gasteiger partial charge in [-0.05, 0) is 44.9 Å². The summed E-state index contributed by atoms with van der Waals surface area (Å²) in [6.45, 7) is 12.6. The third kappa shape index (κ3) is 10.6. The Balaban J connectivity index is 1.40. The van der Waals surface area contributed by atoms with E-state index < -0.39 is 39.0 Å². The fourth-order valence-corrected chi connectivity index (χ4v) is 12.0. The average molecular weight is 757 g/mol. The Hall–Kier alpha value is -4.18. The maximum atomic E-state index is 7.52. The summed E-state index contributed by atoms with van der Waals surface area (Å²) in [6.07, 6.45) is 0.549. The molecule has 1 aliphatic heterocycles. The fraction of sp³-hybridized carbons (Fsp3) is 0.333. The number of ether oxygens (including phenoxy) is 5. The van der Waals surface area contributed by atoms with E-state index in [0.717, 1.165) is 29.5 Å². The van der Waals surface area contributed by atoms with Crippen molar-refractivity contribution in [3.8, 4) is 0 Å². The molecule has 55 heavy (non-hydrogen) atoms. The molecule has 0 amide bonds. The Morgan fingerprint density at radius 1 is 0.564 bits per heavy atom. The van der Waals surface area contributed by atoms with Gasteiger partial charge in [0.15, 0.2) is 6.29 Å². The number of rotatable bonds is 19. The number of benzene rings is 5. The summed E-state index contributed by atoms with van der Waals surface area (Å²) in [7, 11) is -2.94. The zero-order valence-corrected chi connectivity index (χ0v) is 33.5. The first kappa shape index (κ1) is 40.5. The summed E-state index contributed by atoms with van der Waals surface area (Å²) in [4.78, 5) is 0. The second kappa shape index (κ2) is 20.1. The molecule has 1 fully saturated rings. The van der Waals surface area contributed by atoms with Crippen molar-refractivity contribution in [2.24, 2.45) is 0 Å². The minimum atomic E-state index is -2.94. The van der Waals surface area contributed by atoms with Crippen LogP contribution in [0.15, 0.2) is 164 Å². The summed E-state index contributed by atoms with van der Waals surface area (Å²) < 4.78 is 41.9. The summed E-state index contributed by atoms with van der Waals surface area (Å²) in [5.41, 5.74) is 3.16. The Labute approximate surface area is 329 Å². The molecule has 6 rings (SSSR count). The molecule has 0 unspecified atom stereocenters. The monoisotopic (exact) mass is 756 g/mol. The minimum absolute atomic E-state index is 0.226. The third-order valence-electron chi connectivity index (χ3n) is 10.2. The SMILES string of the molecule is C=CCCCO[C@H]1O[C@H](CO[Si](c2ccccc2)(c2ccccc2)C(C)(C)C)[C@@H](OCc2ccccc2)[C@H](OCc2ccccc2)[C@@H]1OCc1ccccc1. The molecule has 1 heterocycles. The molecule has 0 aliphatic carbocycles. The predicted molar refractivity (Wildman–Crippen MR) is 223 cm³/mol. The highest BCUT2D eigenvalue weighted by Gasteiger charge is 2.53. The first-order chi connectivity index (χ1) is 26.9. The van der Waals surface area contributed by atoms with Crippen LogP contribution in [0.5, 0.6) is 0 Å². The molecular weight excluding hydrogens is 701 g/mol. The van der Waals surface area contributed by atoms with Crippen LogP contribution in [-0.2, 0) is 47.9 Å². The minimum Gasteiger partial charge on any atom is -0.405 e.